The molecular formula is C19H19NO5. The largest absolute Gasteiger partial charge is 0.454 e. The lowest BCUT2D eigenvalue weighted by molar-refractivity contribution is -0.124. The van der Waals surface area contributed by atoms with Gasteiger partial charge in [0.25, 0.3) is 5.91 Å². The molecule has 0 bridgehead atoms. The van der Waals surface area contributed by atoms with E-state index >= 15 is 0 Å². The second kappa shape index (κ2) is 7.70. The van der Waals surface area contributed by atoms with Crippen molar-refractivity contribution in [2.24, 2.45) is 0 Å². The van der Waals surface area contributed by atoms with Crippen molar-refractivity contribution in [1.82, 2.24) is 5.32 Å². The van der Waals surface area contributed by atoms with Crippen molar-refractivity contribution in [3.05, 3.63) is 59.7 Å². The van der Waals surface area contributed by atoms with Gasteiger partial charge >= 0.3 is 5.97 Å². The summed E-state index contributed by atoms with van der Waals surface area (Å²) in [5, 5.41) is 2.77. The molecule has 130 valence electrons. The second-order valence-electron chi connectivity index (χ2n) is 5.76. The Kier molecular flexibility index (Phi) is 5.18. The number of carbonyl (C=O) groups excluding carboxylic acids is 2. The van der Waals surface area contributed by atoms with Crippen molar-refractivity contribution in [1.29, 1.82) is 0 Å². The molecule has 1 unspecified atom stereocenters. The molecule has 1 N–H and O–H groups in total. The summed E-state index contributed by atoms with van der Waals surface area (Å²) in [6.07, 6.45) is 0. The fourth-order valence-electron chi connectivity index (χ4n) is 2.46. The van der Waals surface area contributed by atoms with Crippen LogP contribution >= 0.6 is 0 Å². The number of fused-ring (bicyclic) bond motifs is 1. The second-order valence-corrected chi connectivity index (χ2v) is 5.76. The first-order chi connectivity index (χ1) is 12.1. The molecule has 3 rings (SSSR count). The fourth-order valence-corrected chi connectivity index (χ4v) is 2.46. The summed E-state index contributed by atoms with van der Waals surface area (Å²) in [6, 6.07) is 14.6. The molecule has 0 aliphatic carbocycles. The highest BCUT2D eigenvalue weighted by Gasteiger charge is 2.17. The quantitative estimate of drug-likeness (QED) is 0.817. The Morgan fingerprint density at radius 2 is 1.88 bits per heavy atom. The van der Waals surface area contributed by atoms with E-state index in [4.69, 9.17) is 14.2 Å². The van der Waals surface area contributed by atoms with E-state index in [1.165, 1.54) is 0 Å². The van der Waals surface area contributed by atoms with E-state index in [1.807, 2.05) is 37.3 Å². The minimum absolute atomic E-state index is 0.135. The number of hydrogen-bond acceptors (Lipinski definition) is 5. The zero-order chi connectivity index (χ0) is 17.6. The summed E-state index contributed by atoms with van der Waals surface area (Å²) >= 11 is 0. The highest BCUT2D eigenvalue weighted by Crippen LogP contribution is 2.32. The molecule has 1 heterocycles. The van der Waals surface area contributed by atoms with Crippen molar-refractivity contribution in [3.8, 4) is 11.5 Å². The van der Waals surface area contributed by atoms with Crippen molar-refractivity contribution in [2.75, 3.05) is 19.9 Å². The third kappa shape index (κ3) is 4.29. The summed E-state index contributed by atoms with van der Waals surface area (Å²) in [7, 11) is 0. The normalized spacial score (nSPS) is 13.2. The first-order valence-corrected chi connectivity index (χ1v) is 8.02. The van der Waals surface area contributed by atoms with Crippen LogP contribution in [0.25, 0.3) is 0 Å². The summed E-state index contributed by atoms with van der Waals surface area (Å²) in [5.41, 5.74) is 1.45. The van der Waals surface area contributed by atoms with Crippen molar-refractivity contribution < 1.29 is 23.8 Å². The number of hydrogen-bond donors (Lipinski definition) is 1. The molecule has 1 amide bonds. The summed E-state index contributed by atoms with van der Waals surface area (Å²) in [6.45, 7) is 2.31. The average molecular weight is 341 g/mol. The third-order valence-electron chi connectivity index (χ3n) is 3.92. The molecule has 1 aliphatic heterocycles. The molecule has 0 spiro atoms. The SMILES string of the molecule is CC(CNC(=O)COC(=O)c1ccc2c(c1)OCO2)c1ccccc1. The Morgan fingerprint density at radius 3 is 2.68 bits per heavy atom. The molecule has 1 atom stereocenters. The third-order valence-corrected chi connectivity index (χ3v) is 3.92. The minimum Gasteiger partial charge on any atom is -0.454 e. The van der Waals surface area contributed by atoms with Gasteiger partial charge in [-0.2, -0.15) is 0 Å². The first-order valence-electron chi connectivity index (χ1n) is 8.02. The van der Waals surface area contributed by atoms with Gasteiger partial charge in [-0.15, -0.1) is 0 Å². The predicted octanol–water partition coefficient (Wildman–Crippen LogP) is 2.49. The van der Waals surface area contributed by atoms with Crippen LogP contribution in [0.4, 0.5) is 0 Å². The molecule has 6 heteroatoms. The van der Waals surface area contributed by atoms with Crippen molar-refractivity contribution in [3.63, 3.8) is 0 Å². The van der Waals surface area contributed by atoms with E-state index in [0.29, 0.717) is 23.6 Å². The van der Waals surface area contributed by atoms with Gasteiger partial charge in [0.2, 0.25) is 6.79 Å². The van der Waals surface area contributed by atoms with Crippen LogP contribution in [0.5, 0.6) is 11.5 Å². The molecule has 25 heavy (non-hydrogen) atoms. The number of amides is 1. The van der Waals surface area contributed by atoms with E-state index in [-0.39, 0.29) is 25.2 Å². The topological polar surface area (TPSA) is 73.9 Å². The van der Waals surface area contributed by atoms with Gasteiger partial charge in [-0.3, -0.25) is 4.79 Å². The smallest absolute Gasteiger partial charge is 0.338 e. The Balaban J connectivity index is 1.45. The van der Waals surface area contributed by atoms with E-state index < -0.39 is 5.97 Å². The number of benzene rings is 2. The van der Waals surface area contributed by atoms with Crippen molar-refractivity contribution >= 4 is 11.9 Å². The lowest BCUT2D eigenvalue weighted by atomic mass is 10.0. The molecule has 0 radical (unpaired) electrons. The molecule has 6 nitrogen and oxygen atoms in total. The Bertz CT molecular complexity index is 760. The monoisotopic (exact) mass is 341 g/mol. The predicted molar refractivity (Wildman–Crippen MR) is 90.7 cm³/mol. The lowest BCUT2D eigenvalue weighted by Gasteiger charge is -2.13. The zero-order valence-electron chi connectivity index (χ0n) is 13.9. The van der Waals surface area contributed by atoms with E-state index in [1.54, 1.807) is 18.2 Å². The summed E-state index contributed by atoms with van der Waals surface area (Å²) in [4.78, 5) is 23.9. The van der Waals surface area contributed by atoms with Crippen LogP contribution in [-0.4, -0.2) is 31.8 Å². The maximum atomic E-state index is 12.0. The van der Waals surface area contributed by atoms with E-state index in [2.05, 4.69) is 5.32 Å². The summed E-state index contributed by atoms with van der Waals surface area (Å²) < 4.78 is 15.4. The van der Waals surface area contributed by atoms with Gasteiger partial charge in [0.1, 0.15) is 0 Å². The molecule has 2 aromatic rings. The lowest BCUT2D eigenvalue weighted by Crippen LogP contribution is -2.31. The van der Waals surface area contributed by atoms with Gasteiger partial charge in [0.15, 0.2) is 18.1 Å². The standard InChI is InChI=1S/C19H19NO5/c1-13(14-5-3-2-4-6-14)10-20-18(21)11-23-19(22)15-7-8-16-17(9-15)25-12-24-16/h2-9,13H,10-12H2,1H3,(H,20,21). The van der Waals surface area contributed by atoms with Crippen molar-refractivity contribution in [2.45, 2.75) is 12.8 Å². The molecular weight excluding hydrogens is 322 g/mol. The molecule has 2 aromatic carbocycles. The zero-order valence-corrected chi connectivity index (χ0v) is 13.9. The van der Waals surface area contributed by atoms with Crippen LogP contribution < -0.4 is 14.8 Å². The highest BCUT2D eigenvalue weighted by atomic mass is 16.7. The van der Waals surface area contributed by atoms with E-state index in [0.717, 1.165) is 5.56 Å². The van der Waals surface area contributed by atoms with Gasteiger partial charge in [-0.1, -0.05) is 37.3 Å². The molecule has 1 aliphatic rings. The summed E-state index contributed by atoms with van der Waals surface area (Å²) in [5.74, 6) is 0.343. The van der Waals surface area contributed by atoms with E-state index in [9.17, 15) is 9.59 Å². The Labute approximate surface area is 145 Å². The van der Waals surface area contributed by atoms with Gasteiger partial charge in [-0.25, -0.2) is 4.79 Å². The number of ether oxygens (including phenoxy) is 3. The van der Waals surface area contributed by atoms with Gasteiger partial charge in [0, 0.05) is 6.54 Å². The highest BCUT2D eigenvalue weighted by molar-refractivity contribution is 5.92. The molecule has 0 saturated heterocycles. The van der Waals surface area contributed by atoms with Crippen LogP contribution in [0.2, 0.25) is 0 Å². The molecule has 0 aromatic heterocycles. The first kappa shape index (κ1) is 16.8. The number of rotatable bonds is 6. The van der Waals surface area contributed by atoms with Crippen LogP contribution in [0.3, 0.4) is 0 Å². The molecule has 0 saturated carbocycles. The Morgan fingerprint density at radius 1 is 1.12 bits per heavy atom. The van der Waals surface area contributed by atoms with Gasteiger partial charge < -0.3 is 19.5 Å². The maximum absolute atomic E-state index is 12.0. The number of esters is 1. The van der Waals surface area contributed by atoms with Crippen LogP contribution in [0.15, 0.2) is 48.5 Å². The van der Waals surface area contributed by atoms with Gasteiger partial charge in [-0.05, 0) is 29.7 Å². The van der Waals surface area contributed by atoms with Crippen LogP contribution in [-0.2, 0) is 9.53 Å². The van der Waals surface area contributed by atoms with Crippen LogP contribution in [0, 0.1) is 0 Å². The maximum Gasteiger partial charge on any atom is 0.338 e. The fraction of sp³-hybridized carbons (Fsp3) is 0.263. The average Bonchev–Trinajstić information content (AvgIpc) is 3.12. The van der Waals surface area contributed by atoms with Gasteiger partial charge in [0.05, 0.1) is 5.56 Å². The Hall–Kier alpha value is -3.02. The minimum atomic E-state index is -0.579. The molecule has 0 fully saturated rings. The number of carbonyl (C=O) groups is 2. The van der Waals surface area contributed by atoms with Crippen LogP contribution in [0.1, 0.15) is 28.8 Å². The number of nitrogens with one attached hydrogen (secondary N) is 1.